The molecular weight excluding hydrogens is 353 g/mol. The molecule has 0 spiro atoms. The van der Waals surface area contributed by atoms with Gasteiger partial charge in [0.2, 0.25) is 5.91 Å². The molecule has 1 aliphatic rings. The van der Waals surface area contributed by atoms with Gasteiger partial charge in [0.05, 0.1) is 18.0 Å². The van der Waals surface area contributed by atoms with E-state index < -0.39 is 4.92 Å². The van der Waals surface area contributed by atoms with E-state index in [4.69, 9.17) is 4.74 Å². The number of anilines is 1. The highest BCUT2D eigenvalue weighted by Gasteiger charge is 2.25. The number of carbonyl (C=O) groups is 1. The monoisotopic (exact) mass is 373 g/mol. The average Bonchev–Trinajstić information content (AvgIpc) is 2.68. The summed E-state index contributed by atoms with van der Waals surface area (Å²) < 4.78 is 18.5. The lowest BCUT2D eigenvalue weighted by Gasteiger charge is -2.35. The summed E-state index contributed by atoms with van der Waals surface area (Å²) in [6.45, 7) is 2.21. The molecule has 7 nitrogen and oxygen atoms in total. The van der Waals surface area contributed by atoms with Crippen LogP contribution in [0, 0.1) is 15.9 Å². The zero-order valence-electron chi connectivity index (χ0n) is 14.7. The highest BCUT2D eigenvalue weighted by molar-refractivity contribution is 5.77. The minimum Gasteiger partial charge on any atom is -0.493 e. The van der Waals surface area contributed by atoms with Crippen LogP contribution in [0.15, 0.2) is 48.5 Å². The van der Waals surface area contributed by atoms with E-state index in [1.807, 2.05) is 4.90 Å². The van der Waals surface area contributed by atoms with Gasteiger partial charge in [-0.2, -0.15) is 0 Å². The van der Waals surface area contributed by atoms with Crippen LogP contribution in [0.25, 0.3) is 0 Å². The van der Waals surface area contributed by atoms with Crippen LogP contribution in [0.1, 0.15) is 6.42 Å². The summed E-state index contributed by atoms with van der Waals surface area (Å²) in [7, 11) is 0. The molecule has 27 heavy (non-hydrogen) atoms. The topological polar surface area (TPSA) is 75.9 Å². The standard InChI is InChI=1S/C19H20FN3O4/c20-15-4-3-5-16(14-15)27-13-8-19(24)22-11-9-21(10-12-22)17-6-1-2-7-18(17)23(25)26/h1-7,14H,8-13H2. The van der Waals surface area contributed by atoms with E-state index in [9.17, 15) is 19.3 Å². The van der Waals surface area contributed by atoms with Crippen molar-refractivity contribution in [2.75, 3.05) is 37.7 Å². The largest absolute Gasteiger partial charge is 0.493 e. The van der Waals surface area contributed by atoms with Crippen molar-refractivity contribution < 1.29 is 18.8 Å². The van der Waals surface area contributed by atoms with Gasteiger partial charge in [0.15, 0.2) is 0 Å². The van der Waals surface area contributed by atoms with Gasteiger partial charge in [0.1, 0.15) is 17.3 Å². The molecule has 0 aromatic heterocycles. The number of hydrogen-bond acceptors (Lipinski definition) is 5. The van der Waals surface area contributed by atoms with Gasteiger partial charge in [-0.05, 0) is 18.2 Å². The minimum atomic E-state index is -0.392. The maximum absolute atomic E-state index is 13.1. The second kappa shape index (κ2) is 8.48. The van der Waals surface area contributed by atoms with E-state index in [0.29, 0.717) is 37.6 Å². The van der Waals surface area contributed by atoms with Crippen LogP contribution in [-0.4, -0.2) is 48.5 Å². The van der Waals surface area contributed by atoms with Gasteiger partial charge in [0, 0.05) is 38.3 Å². The molecule has 1 heterocycles. The molecule has 0 radical (unpaired) electrons. The van der Waals surface area contributed by atoms with Crippen LogP contribution in [0.4, 0.5) is 15.8 Å². The molecule has 2 aromatic carbocycles. The fraction of sp³-hybridized carbons (Fsp3) is 0.316. The van der Waals surface area contributed by atoms with Crippen molar-refractivity contribution in [1.29, 1.82) is 0 Å². The lowest BCUT2D eigenvalue weighted by molar-refractivity contribution is -0.384. The summed E-state index contributed by atoms with van der Waals surface area (Å²) >= 11 is 0. The van der Waals surface area contributed by atoms with E-state index in [0.717, 1.165) is 0 Å². The highest BCUT2D eigenvalue weighted by Crippen LogP contribution is 2.28. The molecule has 1 fully saturated rings. The van der Waals surface area contributed by atoms with Crippen molar-refractivity contribution in [3.8, 4) is 5.75 Å². The Balaban J connectivity index is 1.49. The Bertz CT molecular complexity index is 822. The smallest absolute Gasteiger partial charge is 0.292 e. The van der Waals surface area contributed by atoms with Crippen LogP contribution in [0.2, 0.25) is 0 Å². The number of rotatable bonds is 6. The SMILES string of the molecule is O=C(CCOc1cccc(F)c1)N1CCN(c2ccccc2[N+](=O)[O-])CC1. The molecule has 8 heteroatoms. The lowest BCUT2D eigenvalue weighted by atomic mass is 10.2. The van der Waals surface area contributed by atoms with Crippen LogP contribution in [-0.2, 0) is 4.79 Å². The van der Waals surface area contributed by atoms with Crippen LogP contribution in [0.5, 0.6) is 5.75 Å². The molecule has 0 bridgehead atoms. The summed E-state index contributed by atoms with van der Waals surface area (Å²) in [5.41, 5.74) is 0.643. The van der Waals surface area contributed by atoms with E-state index >= 15 is 0 Å². The number of benzene rings is 2. The fourth-order valence-corrected chi connectivity index (χ4v) is 3.05. The molecular formula is C19H20FN3O4. The Morgan fingerprint density at radius 3 is 2.56 bits per heavy atom. The number of carbonyl (C=O) groups excluding carboxylic acids is 1. The molecule has 3 rings (SSSR count). The minimum absolute atomic E-state index is 0.0476. The fourth-order valence-electron chi connectivity index (χ4n) is 3.05. The van der Waals surface area contributed by atoms with E-state index in [1.165, 1.54) is 18.2 Å². The normalized spacial score (nSPS) is 14.1. The van der Waals surface area contributed by atoms with Crippen LogP contribution >= 0.6 is 0 Å². The summed E-state index contributed by atoms with van der Waals surface area (Å²) in [4.78, 5) is 26.7. The third-order valence-corrected chi connectivity index (χ3v) is 4.43. The second-order valence-corrected chi connectivity index (χ2v) is 6.17. The number of hydrogen-bond donors (Lipinski definition) is 0. The molecule has 1 saturated heterocycles. The van der Waals surface area contributed by atoms with Gasteiger partial charge in [0.25, 0.3) is 5.69 Å². The molecule has 0 aliphatic carbocycles. The van der Waals surface area contributed by atoms with Crippen LogP contribution < -0.4 is 9.64 Å². The van der Waals surface area contributed by atoms with Gasteiger partial charge in [-0.3, -0.25) is 14.9 Å². The summed E-state index contributed by atoms with van der Waals surface area (Å²) in [5, 5.41) is 11.2. The third kappa shape index (κ3) is 4.72. The predicted molar refractivity (Wildman–Crippen MR) is 98.4 cm³/mol. The number of halogens is 1. The lowest BCUT2D eigenvalue weighted by Crippen LogP contribution is -2.49. The van der Waals surface area contributed by atoms with Crippen molar-refractivity contribution in [2.24, 2.45) is 0 Å². The highest BCUT2D eigenvalue weighted by atomic mass is 19.1. The zero-order chi connectivity index (χ0) is 19.2. The van der Waals surface area contributed by atoms with Gasteiger partial charge in [-0.1, -0.05) is 18.2 Å². The number of nitrogens with zero attached hydrogens (tertiary/aromatic N) is 3. The van der Waals surface area contributed by atoms with Crippen molar-refractivity contribution in [1.82, 2.24) is 4.90 Å². The number of nitro benzene ring substituents is 1. The van der Waals surface area contributed by atoms with Crippen LogP contribution in [0.3, 0.4) is 0 Å². The Labute approximate surface area is 156 Å². The summed E-state index contributed by atoms with van der Waals surface area (Å²) in [6.07, 6.45) is 0.196. The first-order valence-corrected chi connectivity index (χ1v) is 8.69. The number of piperazine rings is 1. The second-order valence-electron chi connectivity index (χ2n) is 6.17. The van der Waals surface area contributed by atoms with Crippen molar-refractivity contribution in [3.63, 3.8) is 0 Å². The molecule has 1 amide bonds. The Hall–Kier alpha value is -3.16. The maximum atomic E-state index is 13.1. The zero-order valence-corrected chi connectivity index (χ0v) is 14.7. The average molecular weight is 373 g/mol. The molecule has 2 aromatic rings. The molecule has 0 unspecified atom stereocenters. The molecule has 0 atom stereocenters. The molecule has 0 saturated carbocycles. The van der Waals surface area contributed by atoms with Gasteiger partial charge in [-0.15, -0.1) is 0 Å². The summed E-state index contributed by atoms with van der Waals surface area (Å²) in [6, 6.07) is 12.4. The van der Waals surface area contributed by atoms with E-state index in [-0.39, 0.29) is 30.4 Å². The first-order chi connectivity index (χ1) is 13.0. The van der Waals surface area contributed by atoms with Gasteiger partial charge < -0.3 is 14.5 Å². The van der Waals surface area contributed by atoms with Gasteiger partial charge in [-0.25, -0.2) is 4.39 Å². The number of amides is 1. The molecule has 0 N–H and O–H groups in total. The number of ether oxygens (including phenoxy) is 1. The van der Waals surface area contributed by atoms with Crippen molar-refractivity contribution >= 4 is 17.3 Å². The quantitative estimate of drug-likeness (QED) is 0.575. The molecule has 1 aliphatic heterocycles. The van der Waals surface area contributed by atoms with Gasteiger partial charge >= 0.3 is 0 Å². The van der Waals surface area contributed by atoms with Crippen molar-refractivity contribution in [3.05, 3.63) is 64.5 Å². The van der Waals surface area contributed by atoms with E-state index in [1.54, 1.807) is 35.2 Å². The summed E-state index contributed by atoms with van der Waals surface area (Å²) in [5.74, 6) is -0.0393. The number of para-hydroxylation sites is 2. The predicted octanol–water partition coefficient (Wildman–Crippen LogP) is 2.85. The molecule has 142 valence electrons. The Morgan fingerprint density at radius 1 is 1.11 bits per heavy atom. The van der Waals surface area contributed by atoms with Crippen molar-refractivity contribution in [2.45, 2.75) is 6.42 Å². The first-order valence-electron chi connectivity index (χ1n) is 8.69. The number of nitro groups is 1. The Morgan fingerprint density at radius 2 is 1.85 bits per heavy atom. The van der Waals surface area contributed by atoms with E-state index in [2.05, 4.69) is 0 Å². The maximum Gasteiger partial charge on any atom is 0.292 e. The Kier molecular flexibility index (Phi) is 5.85. The first kappa shape index (κ1) is 18.6. The third-order valence-electron chi connectivity index (χ3n) is 4.43.